The standard InChI is InChI=1S/C9H10O2.CH5N/c1-2-7-3-4-8-9(5-7)11-6-10-8;1-2/h3-5H,2,6H2,1H3;2H2,1H3. The highest BCUT2D eigenvalue weighted by Crippen LogP contribution is 2.32. The summed E-state index contributed by atoms with van der Waals surface area (Å²) in [7, 11) is 1.50. The van der Waals surface area contributed by atoms with E-state index in [0.717, 1.165) is 17.9 Å². The Kier molecular flexibility index (Phi) is 3.58. The molecule has 0 aliphatic carbocycles. The van der Waals surface area contributed by atoms with E-state index in [9.17, 15) is 0 Å². The fraction of sp³-hybridized carbons (Fsp3) is 0.400. The molecule has 3 heteroatoms. The summed E-state index contributed by atoms with van der Waals surface area (Å²) in [5.41, 5.74) is 5.79. The monoisotopic (exact) mass is 181 g/mol. The molecule has 1 heterocycles. The summed E-state index contributed by atoms with van der Waals surface area (Å²) in [6.07, 6.45) is 1.04. The van der Waals surface area contributed by atoms with Crippen molar-refractivity contribution < 1.29 is 9.47 Å². The Morgan fingerprint density at radius 3 is 2.62 bits per heavy atom. The second-order valence-electron chi connectivity index (χ2n) is 2.54. The van der Waals surface area contributed by atoms with Gasteiger partial charge in [0.2, 0.25) is 6.79 Å². The van der Waals surface area contributed by atoms with Crippen LogP contribution in [0.2, 0.25) is 0 Å². The van der Waals surface area contributed by atoms with E-state index in [4.69, 9.17) is 9.47 Å². The summed E-state index contributed by atoms with van der Waals surface area (Å²) in [4.78, 5) is 0. The van der Waals surface area contributed by atoms with Crippen molar-refractivity contribution in [2.75, 3.05) is 13.8 Å². The van der Waals surface area contributed by atoms with Crippen molar-refractivity contribution in [3.8, 4) is 11.5 Å². The molecule has 0 radical (unpaired) electrons. The van der Waals surface area contributed by atoms with Gasteiger partial charge in [-0.25, -0.2) is 0 Å². The van der Waals surface area contributed by atoms with E-state index in [1.54, 1.807) is 0 Å². The van der Waals surface area contributed by atoms with Crippen LogP contribution < -0.4 is 15.2 Å². The van der Waals surface area contributed by atoms with Crippen LogP contribution in [0.15, 0.2) is 18.2 Å². The van der Waals surface area contributed by atoms with Crippen molar-refractivity contribution in [2.24, 2.45) is 5.73 Å². The molecule has 1 aromatic carbocycles. The third-order valence-electron chi connectivity index (χ3n) is 1.85. The van der Waals surface area contributed by atoms with Crippen LogP contribution in [0.5, 0.6) is 11.5 Å². The Hall–Kier alpha value is -1.22. The number of hydrogen-bond donors (Lipinski definition) is 1. The first-order valence-electron chi connectivity index (χ1n) is 4.36. The number of rotatable bonds is 1. The van der Waals surface area contributed by atoms with E-state index < -0.39 is 0 Å². The predicted molar refractivity (Wildman–Crippen MR) is 52.1 cm³/mol. The van der Waals surface area contributed by atoms with Crippen molar-refractivity contribution in [3.05, 3.63) is 23.8 Å². The van der Waals surface area contributed by atoms with Gasteiger partial charge in [-0.05, 0) is 31.2 Å². The average molecular weight is 181 g/mol. The van der Waals surface area contributed by atoms with Crippen LogP contribution in [-0.4, -0.2) is 13.8 Å². The van der Waals surface area contributed by atoms with Crippen LogP contribution >= 0.6 is 0 Å². The Morgan fingerprint density at radius 1 is 1.23 bits per heavy atom. The van der Waals surface area contributed by atoms with E-state index in [1.165, 1.54) is 12.6 Å². The van der Waals surface area contributed by atoms with Crippen molar-refractivity contribution in [3.63, 3.8) is 0 Å². The minimum Gasteiger partial charge on any atom is -0.454 e. The Morgan fingerprint density at radius 2 is 1.92 bits per heavy atom. The zero-order valence-corrected chi connectivity index (χ0v) is 8.04. The molecule has 13 heavy (non-hydrogen) atoms. The number of aryl methyl sites for hydroxylation is 1. The molecule has 1 aromatic rings. The highest BCUT2D eigenvalue weighted by Gasteiger charge is 2.11. The topological polar surface area (TPSA) is 44.5 Å². The van der Waals surface area contributed by atoms with E-state index in [1.807, 2.05) is 12.1 Å². The maximum Gasteiger partial charge on any atom is 0.231 e. The van der Waals surface area contributed by atoms with Gasteiger partial charge in [-0.1, -0.05) is 13.0 Å². The maximum absolute atomic E-state index is 5.22. The quantitative estimate of drug-likeness (QED) is 0.715. The van der Waals surface area contributed by atoms with Crippen LogP contribution in [0.25, 0.3) is 0 Å². The van der Waals surface area contributed by atoms with Crippen LogP contribution in [0.4, 0.5) is 0 Å². The first kappa shape index (κ1) is 9.86. The fourth-order valence-corrected chi connectivity index (χ4v) is 1.16. The van der Waals surface area contributed by atoms with Gasteiger partial charge in [0.15, 0.2) is 11.5 Å². The number of hydrogen-bond acceptors (Lipinski definition) is 3. The third-order valence-corrected chi connectivity index (χ3v) is 1.85. The Bertz CT molecular complexity index is 274. The van der Waals surface area contributed by atoms with E-state index in [2.05, 4.69) is 18.7 Å². The van der Waals surface area contributed by atoms with Gasteiger partial charge in [0.05, 0.1) is 0 Å². The van der Waals surface area contributed by atoms with E-state index >= 15 is 0 Å². The number of ether oxygens (including phenoxy) is 2. The molecular weight excluding hydrogens is 166 g/mol. The number of benzene rings is 1. The predicted octanol–water partition coefficient (Wildman–Crippen LogP) is 1.55. The van der Waals surface area contributed by atoms with Gasteiger partial charge < -0.3 is 15.2 Å². The van der Waals surface area contributed by atoms with Crippen LogP contribution in [0.3, 0.4) is 0 Å². The molecule has 3 nitrogen and oxygen atoms in total. The van der Waals surface area contributed by atoms with Gasteiger partial charge >= 0.3 is 0 Å². The summed E-state index contributed by atoms with van der Waals surface area (Å²) in [5, 5.41) is 0. The lowest BCUT2D eigenvalue weighted by Gasteiger charge is -1.97. The highest BCUT2D eigenvalue weighted by molar-refractivity contribution is 5.44. The molecule has 0 spiro atoms. The van der Waals surface area contributed by atoms with Gasteiger partial charge in [-0.3, -0.25) is 0 Å². The van der Waals surface area contributed by atoms with Gasteiger partial charge in [0, 0.05) is 0 Å². The van der Waals surface area contributed by atoms with Crippen LogP contribution in [-0.2, 0) is 6.42 Å². The molecule has 0 unspecified atom stereocenters. The maximum atomic E-state index is 5.22. The molecule has 1 aliphatic rings. The van der Waals surface area contributed by atoms with Crippen LogP contribution in [0.1, 0.15) is 12.5 Å². The molecule has 0 amide bonds. The minimum absolute atomic E-state index is 0.364. The fourth-order valence-electron chi connectivity index (χ4n) is 1.16. The van der Waals surface area contributed by atoms with Crippen molar-refractivity contribution in [1.82, 2.24) is 0 Å². The Labute approximate surface area is 78.5 Å². The summed E-state index contributed by atoms with van der Waals surface area (Å²) in [6, 6.07) is 6.05. The molecule has 0 atom stereocenters. The average Bonchev–Trinajstić information content (AvgIpc) is 2.67. The molecule has 0 bridgehead atoms. The lowest BCUT2D eigenvalue weighted by atomic mass is 10.1. The molecule has 0 saturated heterocycles. The lowest BCUT2D eigenvalue weighted by molar-refractivity contribution is 0.174. The molecule has 2 rings (SSSR count). The second-order valence-corrected chi connectivity index (χ2v) is 2.54. The van der Waals surface area contributed by atoms with Crippen molar-refractivity contribution in [2.45, 2.75) is 13.3 Å². The molecule has 2 N–H and O–H groups in total. The van der Waals surface area contributed by atoms with Crippen LogP contribution in [0, 0.1) is 0 Å². The number of fused-ring (bicyclic) bond motifs is 1. The Balaban J connectivity index is 0.000000396. The normalized spacial score (nSPS) is 11.9. The van der Waals surface area contributed by atoms with Gasteiger partial charge in [0.25, 0.3) is 0 Å². The lowest BCUT2D eigenvalue weighted by Crippen LogP contribution is -1.92. The highest BCUT2D eigenvalue weighted by atomic mass is 16.7. The van der Waals surface area contributed by atoms with Gasteiger partial charge in [0.1, 0.15) is 0 Å². The van der Waals surface area contributed by atoms with E-state index in [-0.39, 0.29) is 0 Å². The summed E-state index contributed by atoms with van der Waals surface area (Å²) >= 11 is 0. The molecule has 0 saturated carbocycles. The molecule has 1 aliphatic heterocycles. The van der Waals surface area contributed by atoms with E-state index in [0.29, 0.717) is 6.79 Å². The summed E-state index contributed by atoms with van der Waals surface area (Å²) in [6.45, 7) is 2.49. The SMILES string of the molecule is CCc1ccc2c(c1)OCO2.CN. The van der Waals surface area contributed by atoms with Crippen molar-refractivity contribution in [1.29, 1.82) is 0 Å². The zero-order valence-electron chi connectivity index (χ0n) is 8.04. The zero-order chi connectivity index (χ0) is 9.68. The van der Waals surface area contributed by atoms with Crippen molar-refractivity contribution >= 4 is 0 Å². The molecular formula is C10H15NO2. The first-order chi connectivity index (χ1) is 6.40. The second kappa shape index (κ2) is 4.72. The third kappa shape index (κ3) is 2.12. The molecule has 0 fully saturated rings. The van der Waals surface area contributed by atoms with Gasteiger partial charge in [-0.2, -0.15) is 0 Å². The van der Waals surface area contributed by atoms with Gasteiger partial charge in [-0.15, -0.1) is 0 Å². The minimum atomic E-state index is 0.364. The first-order valence-corrected chi connectivity index (χ1v) is 4.36. The smallest absolute Gasteiger partial charge is 0.231 e. The number of nitrogens with two attached hydrogens (primary N) is 1. The molecule has 0 aromatic heterocycles. The largest absolute Gasteiger partial charge is 0.454 e. The summed E-state index contributed by atoms with van der Waals surface area (Å²) < 4.78 is 10.4. The molecule has 72 valence electrons. The summed E-state index contributed by atoms with van der Waals surface area (Å²) in [5.74, 6) is 1.74.